The molecule has 0 aliphatic carbocycles. The number of carboxylic acids is 1. The van der Waals surface area contributed by atoms with Gasteiger partial charge in [-0.25, -0.2) is 0 Å². The molecule has 0 bridgehead atoms. The number of likely N-dealkylation sites (N-methyl/N-ethyl adjacent to an activating group) is 1. The summed E-state index contributed by atoms with van der Waals surface area (Å²) in [5.41, 5.74) is 0. The van der Waals surface area contributed by atoms with Crippen LogP contribution < -0.4 is 5.11 Å². The molecular weight excluding hydrogens is 731 g/mol. The first-order chi connectivity index (χ1) is 28.1. The van der Waals surface area contributed by atoms with Crippen molar-refractivity contribution in [2.75, 3.05) is 47.5 Å². The number of carboxylic acid groups (broad SMARTS) is 1. The SMILES string of the molecule is CC/C=C\C/C=C\C/C=C\C/C=C\C/C=C\CCCCCC(=O)OC(COC(=O)CCCCCCCCCCCCCCCC)COC(OCC[N+](C)(C)C)C(=O)[O-]. The van der Waals surface area contributed by atoms with Gasteiger partial charge in [0.15, 0.2) is 12.4 Å². The van der Waals surface area contributed by atoms with Gasteiger partial charge in [-0.2, -0.15) is 0 Å². The Morgan fingerprint density at radius 3 is 1.47 bits per heavy atom. The Labute approximate surface area is 355 Å². The highest BCUT2D eigenvalue weighted by Gasteiger charge is 2.21. The first-order valence-corrected chi connectivity index (χ1v) is 22.9. The van der Waals surface area contributed by atoms with Gasteiger partial charge in [0.25, 0.3) is 0 Å². The van der Waals surface area contributed by atoms with Gasteiger partial charge in [-0.15, -0.1) is 0 Å². The van der Waals surface area contributed by atoms with Gasteiger partial charge >= 0.3 is 11.9 Å². The third kappa shape index (κ3) is 41.2. The molecule has 0 N–H and O–H groups in total. The molecule has 9 nitrogen and oxygen atoms in total. The number of rotatable bonds is 41. The lowest BCUT2D eigenvalue weighted by Crippen LogP contribution is -2.44. The fourth-order valence-corrected chi connectivity index (χ4v) is 5.97. The number of unbranched alkanes of at least 4 members (excludes halogenated alkanes) is 16. The molecule has 0 fully saturated rings. The fourth-order valence-electron chi connectivity index (χ4n) is 5.97. The van der Waals surface area contributed by atoms with Gasteiger partial charge in [0.05, 0.1) is 40.3 Å². The monoisotopic (exact) mass is 816 g/mol. The number of nitrogens with zero attached hydrogens (tertiary/aromatic N) is 1. The molecule has 0 aliphatic rings. The van der Waals surface area contributed by atoms with Crippen molar-refractivity contribution >= 4 is 17.9 Å². The van der Waals surface area contributed by atoms with Crippen LogP contribution in [0.5, 0.6) is 0 Å². The van der Waals surface area contributed by atoms with Crippen LogP contribution in [0.25, 0.3) is 0 Å². The van der Waals surface area contributed by atoms with Crippen molar-refractivity contribution in [3.63, 3.8) is 0 Å². The second-order valence-corrected chi connectivity index (χ2v) is 16.3. The lowest BCUT2D eigenvalue weighted by molar-refractivity contribution is -0.870. The summed E-state index contributed by atoms with van der Waals surface area (Å²) in [6.45, 7) is 4.58. The molecule has 0 saturated carbocycles. The topological polar surface area (TPSA) is 111 Å². The van der Waals surface area contributed by atoms with E-state index in [9.17, 15) is 19.5 Å². The van der Waals surface area contributed by atoms with Crippen molar-refractivity contribution in [2.24, 2.45) is 0 Å². The molecule has 9 heteroatoms. The standard InChI is InChI=1S/C49H85NO8/c1-6-8-10-12-14-16-18-20-22-23-24-25-26-28-30-32-34-36-38-40-47(52)58-45(44-57-49(48(53)54)55-42-41-50(3,4)5)43-56-46(51)39-37-35-33-31-29-27-21-19-17-15-13-11-9-7-2/h8,10,14,16,20,22,24-25,28,30,45,49H,6-7,9,11-13,15,17-19,21,23,26-27,29,31-44H2,1-5H3/b10-8-,16-14-,22-20-,25-24-,30-28-. The van der Waals surface area contributed by atoms with E-state index in [2.05, 4.69) is 74.6 Å². The fraction of sp³-hybridized carbons (Fsp3) is 0.735. The Bertz CT molecular complexity index is 1140. The lowest BCUT2D eigenvalue weighted by atomic mass is 10.0. The average molecular weight is 816 g/mol. The van der Waals surface area contributed by atoms with Crippen LogP contribution in [0, 0.1) is 0 Å². The zero-order chi connectivity index (χ0) is 42.8. The molecule has 0 heterocycles. The minimum atomic E-state index is -1.63. The first-order valence-electron chi connectivity index (χ1n) is 22.9. The van der Waals surface area contributed by atoms with Crippen LogP contribution in [0.15, 0.2) is 60.8 Å². The second kappa shape index (κ2) is 40.8. The summed E-state index contributed by atoms with van der Waals surface area (Å²) in [5.74, 6) is -2.33. The summed E-state index contributed by atoms with van der Waals surface area (Å²) in [7, 11) is 5.89. The van der Waals surface area contributed by atoms with Crippen molar-refractivity contribution in [2.45, 2.75) is 187 Å². The van der Waals surface area contributed by atoms with Crippen LogP contribution in [0.1, 0.15) is 174 Å². The predicted molar refractivity (Wildman–Crippen MR) is 237 cm³/mol. The van der Waals surface area contributed by atoms with E-state index in [0.717, 1.165) is 70.6 Å². The molecule has 0 aromatic rings. The minimum absolute atomic E-state index is 0.139. The van der Waals surface area contributed by atoms with Crippen LogP contribution in [-0.2, 0) is 33.3 Å². The molecule has 0 radical (unpaired) electrons. The van der Waals surface area contributed by atoms with Crippen LogP contribution >= 0.6 is 0 Å². The summed E-state index contributed by atoms with van der Waals surface area (Å²) >= 11 is 0. The van der Waals surface area contributed by atoms with Gasteiger partial charge in [-0.3, -0.25) is 9.59 Å². The number of hydrogen-bond acceptors (Lipinski definition) is 8. The van der Waals surface area contributed by atoms with Crippen LogP contribution in [-0.4, -0.2) is 82.3 Å². The van der Waals surface area contributed by atoms with Gasteiger partial charge in [-0.05, 0) is 57.8 Å². The molecule has 58 heavy (non-hydrogen) atoms. The molecule has 0 aromatic carbocycles. The Morgan fingerprint density at radius 2 is 0.983 bits per heavy atom. The van der Waals surface area contributed by atoms with E-state index in [1.54, 1.807) is 0 Å². The molecule has 0 aromatic heterocycles. The maximum absolute atomic E-state index is 12.7. The molecule has 334 valence electrons. The molecule has 2 unspecified atom stereocenters. The maximum atomic E-state index is 12.7. The smallest absolute Gasteiger partial charge is 0.306 e. The van der Waals surface area contributed by atoms with E-state index >= 15 is 0 Å². The second-order valence-electron chi connectivity index (χ2n) is 16.3. The largest absolute Gasteiger partial charge is 0.545 e. The maximum Gasteiger partial charge on any atom is 0.306 e. The minimum Gasteiger partial charge on any atom is -0.545 e. The van der Waals surface area contributed by atoms with Gasteiger partial charge < -0.3 is 33.3 Å². The number of esters is 2. The van der Waals surface area contributed by atoms with E-state index in [4.69, 9.17) is 18.9 Å². The number of carbonyl (C=O) groups excluding carboxylic acids is 3. The molecule has 0 spiro atoms. The van der Waals surface area contributed by atoms with E-state index in [1.807, 2.05) is 21.1 Å². The van der Waals surface area contributed by atoms with Crippen LogP contribution in [0.4, 0.5) is 0 Å². The number of quaternary nitrogens is 1. The Balaban J connectivity index is 4.50. The van der Waals surface area contributed by atoms with Gasteiger partial charge in [0.1, 0.15) is 13.2 Å². The van der Waals surface area contributed by atoms with Gasteiger partial charge in [0.2, 0.25) is 0 Å². The molecular formula is C49H85NO8. The summed E-state index contributed by atoms with van der Waals surface area (Å²) in [5, 5.41) is 11.7. The average Bonchev–Trinajstić information content (AvgIpc) is 3.18. The molecule has 2 atom stereocenters. The number of carbonyl (C=O) groups is 3. The number of ether oxygens (including phenoxy) is 4. The van der Waals surface area contributed by atoms with Crippen LogP contribution in [0.3, 0.4) is 0 Å². The van der Waals surface area contributed by atoms with Gasteiger partial charge in [0, 0.05) is 12.8 Å². The van der Waals surface area contributed by atoms with Crippen molar-refractivity contribution in [3.05, 3.63) is 60.8 Å². The summed E-state index contributed by atoms with van der Waals surface area (Å²) in [6.07, 6.45) is 45.3. The van der Waals surface area contributed by atoms with Crippen molar-refractivity contribution in [3.8, 4) is 0 Å². The number of hydrogen-bond donors (Lipinski definition) is 0. The highest BCUT2D eigenvalue weighted by Crippen LogP contribution is 2.14. The molecule has 0 amide bonds. The van der Waals surface area contributed by atoms with E-state index < -0.39 is 24.3 Å². The Hall–Kier alpha value is -3.01. The predicted octanol–water partition coefficient (Wildman–Crippen LogP) is 10.8. The third-order valence-corrected chi connectivity index (χ3v) is 9.53. The quantitative estimate of drug-likeness (QED) is 0.0197. The van der Waals surface area contributed by atoms with Crippen molar-refractivity contribution in [1.29, 1.82) is 0 Å². The highest BCUT2D eigenvalue weighted by atomic mass is 16.7. The summed E-state index contributed by atoms with van der Waals surface area (Å²) in [4.78, 5) is 37.0. The zero-order valence-corrected chi connectivity index (χ0v) is 37.6. The number of allylic oxidation sites excluding steroid dienone is 10. The van der Waals surface area contributed by atoms with Crippen LogP contribution in [0.2, 0.25) is 0 Å². The highest BCUT2D eigenvalue weighted by molar-refractivity contribution is 5.70. The van der Waals surface area contributed by atoms with E-state index in [-0.39, 0.29) is 38.6 Å². The van der Waals surface area contributed by atoms with Crippen molar-refractivity contribution in [1.82, 2.24) is 0 Å². The molecule has 0 rings (SSSR count). The normalized spacial score (nSPS) is 13.5. The Kier molecular flexibility index (Phi) is 38.6. The van der Waals surface area contributed by atoms with Crippen molar-refractivity contribution < 1.29 is 42.9 Å². The molecule has 0 saturated heterocycles. The number of aliphatic carboxylic acids is 1. The first kappa shape index (κ1) is 55.0. The van der Waals surface area contributed by atoms with Gasteiger partial charge in [-0.1, -0.05) is 164 Å². The van der Waals surface area contributed by atoms with E-state index in [0.29, 0.717) is 17.4 Å². The van der Waals surface area contributed by atoms with E-state index in [1.165, 1.54) is 70.6 Å². The molecule has 0 aliphatic heterocycles. The lowest BCUT2D eigenvalue weighted by Gasteiger charge is -2.26. The third-order valence-electron chi connectivity index (χ3n) is 9.53. The zero-order valence-electron chi connectivity index (χ0n) is 37.6. The summed E-state index contributed by atoms with van der Waals surface area (Å²) in [6, 6.07) is 0. The Morgan fingerprint density at radius 1 is 0.534 bits per heavy atom. The summed E-state index contributed by atoms with van der Waals surface area (Å²) < 4.78 is 22.5.